The summed E-state index contributed by atoms with van der Waals surface area (Å²) in [6.07, 6.45) is 1.98. The number of hydrogen-bond donors (Lipinski definition) is 1. The summed E-state index contributed by atoms with van der Waals surface area (Å²) in [5.41, 5.74) is 4.36. The second-order valence-corrected chi connectivity index (χ2v) is 6.97. The van der Waals surface area contributed by atoms with Crippen LogP contribution in [0.2, 0.25) is 0 Å². The van der Waals surface area contributed by atoms with E-state index in [4.69, 9.17) is 4.74 Å². The van der Waals surface area contributed by atoms with Crippen molar-refractivity contribution >= 4 is 27.7 Å². The van der Waals surface area contributed by atoms with Crippen molar-refractivity contribution in [2.75, 3.05) is 7.11 Å². The van der Waals surface area contributed by atoms with E-state index in [0.717, 1.165) is 39.9 Å². The highest BCUT2D eigenvalue weighted by Gasteiger charge is 2.37. The zero-order valence-corrected chi connectivity index (χ0v) is 14.8. The molecule has 2 amide bonds. The molecule has 1 N–H and O–H groups in total. The first-order chi connectivity index (χ1) is 11.7. The third kappa shape index (κ3) is 2.53. The van der Waals surface area contributed by atoms with Crippen LogP contribution in [-0.2, 0) is 6.42 Å². The lowest BCUT2D eigenvalue weighted by Gasteiger charge is -2.36. The lowest BCUT2D eigenvalue weighted by atomic mass is 9.75. The minimum atomic E-state index is -0.269. The van der Waals surface area contributed by atoms with Crippen molar-refractivity contribution in [3.8, 4) is 5.75 Å². The average molecular weight is 385 g/mol. The lowest BCUT2D eigenvalue weighted by Crippen LogP contribution is -2.43. The molecule has 4 rings (SSSR count). The van der Waals surface area contributed by atoms with Gasteiger partial charge in [-0.15, -0.1) is 0 Å². The van der Waals surface area contributed by atoms with Crippen molar-refractivity contribution in [2.24, 2.45) is 10.9 Å². The number of methoxy groups -OCH3 is 1. The van der Waals surface area contributed by atoms with E-state index in [1.807, 2.05) is 30.3 Å². The molecule has 1 heterocycles. The molecule has 2 aromatic rings. The predicted octanol–water partition coefficient (Wildman–Crippen LogP) is 4.27. The van der Waals surface area contributed by atoms with E-state index in [1.54, 1.807) is 7.11 Å². The Morgan fingerprint density at radius 2 is 2.08 bits per heavy atom. The van der Waals surface area contributed by atoms with Gasteiger partial charge in [0.15, 0.2) is 0 Å². The molecule has 0 saturated carbocycles. The van der Waals surface area contributed by atoms with Gasteiger partial charge in [-0.3, -0.25) is 0 Å². The number of halogens is 1. The minimum Gasteiger partial charge on any atom is -0.496 e. The number of carbonyl (C=O) groups excluding carboxylic acids is 1. The van der Waals surface area contributed by atoms with Crippen LogP contribution in [0, 0.1) is 5.92 Å². The summed E-state index contributed by atoms with van der Waals surface area (Å²) in [6.45, 7) is 0. The molecule has 122 valence electrons. The van der Waals surface area contributed by atoms with E-state index in [-0.39, 0.29) is 18.0 Å². The van der Waals surface area contributed by atoms with Gasteiger partial charge in [-0.1, -0.05) is 30.3 Å². The number of aryl methyl sites for hydroxylation is 1. The van der Waals surface area contributed by atoms with E-state index in [1.165, 1.54) is 5.56 Å². The van der Waals surface area contributed by atoms with Gasteiger partial charge in [-0.2, -0.15) is 4.99 Å². The standard InChI is InChI=1S/C19H17BrN2O2/c1-24-16-9-7-12(10-15(16)20)17-14-8-6-11-4-2-3-5-13(11)18(14)22-19(23)21-17/h2-5,7,9-10,14,17H,6,8H2,1H3,(H,21,23). The zero-order chi connectivity index (χ0) is 16.7. The molecule has 1 aliphatic heterocycles. The van der Waals surface area contributed by atoms with Crippen LogP contribution >= 0.6 is 15.9 Å². The maximum absolute atomic E-state index is 12.2. The number of benzene rings is 2. The topological polar surface area (TPSA) is 50.7 Å². The third-order valence-corrected chi connectivity index (χ3v) is 5.43. The van der Waals surface area contributed by atoms with Crippen molar-refractivity contribution in [3.05, 3.63) is 63.6 Å². The van der Waals surface area contributed by atoms with Gasteiger partial charge >= 0.3 is 6.03 Å². The number of nitrogens with zero attached hydrogens (tertiary/aromatic N) is 1. The van der Waals surface area contributed by atoms with Crippen molar-refractivity contribution in [1.29, 1.82) is 0 Å². The molecule has 2 aromatic carbocycles. The number of aliphatic imine (C=N–C) groups is 1. The van der Waals surface area contributed by atoms with Gasteiger partial charge in [0.25, 0.3) is 0 Å². The van der Waals surface area contributed by atoms with Crippen LogP contribution in [0.5, 0.6) is 5.75 Å². The Labute approximate surface area is 149 Å². The van der Waals surface area contributed by atoms with Crippen LogP contribution in [0.25, 0.3) is 0 Å². The van der Waals surface area contributed by atoms with Crippen LogP contribution < -0.4 is 10.1 Å². The Morgan fingerprint density at radius 3 is 2.88 bits per heavy atom. The van der Waals surface area contributed by atoms with Gasteiger partial charge in [-0.05, 0) is 57.6 Å². The van der Waals surface area contributed by atoms with Crippen molar-refractivity contribution < 1.29 is 9.53 Å². The fraction of sp³-hybridized carbons (Fsp3) is 0.263. The number of ether oxygens (including phenoxy) is 1. The first-order valence-electron chi connectivity index (χ1n) is 7.98. The first kappa shape index (κ1) is 15.4. The van der Waals surface area contributed by atoms with Crippen molar-refractivity contribution in [3.63, 3.8) is 0 Å². The summed E-state index contributed by atoms with van der Waals surface area (Å²) in [4.78, 5) is 16.5. The monoisotopic (exact) mass is 384 g/mol. The predicted molar refractivity (Wildman–Crippen MR) is 96.8 cm³/mol. The Bertz CT molecular complexity index is 847. The first-order valence-corrected chi connectivity index (χ1v) is 8.77. The summed E-state index contributed by atoms with van der Waals surface area (Å²) in [5, 5.41) is 3.04. The number of fused-ring (bicyclic) bond motifs is 3. The summed E-state index contributed by atoms with van der Waals surface area (Å²) in [5.74, 6) is 0.974. The molecule has 1 aliphatic carbocycles. The van der Waals surface area contributed by atoms with Crippen LogP contribution in [0.15, 0.2) is 51.9 Å². The third-order valence-electron chi connectivity index (χ3n) is 4.81. The largest absolute Gasteiger partial charge is 0.496 e. The van der Waals surface area contributed by atoms with Crippen LogP contribution in [-0.4, -0.2) is 18.9 Å². The molecule has 4 nitrogen and oxygen atoms in total. The molecular formula is C19H17BrN2O2. The van der Waals surface area contributed by atoms with Gasteiger partial charge in [0.05, 0.1) is 23.3 Å². The summed E-state index contributed by atoms with van der Waals surface area (Å²) in [7, 11) is 1.64. The SMILES string of the molecule is COc1ccc(C2NC(=O)N=C3c4ccccc4CCC32)cc1Br. The molecule has 5 heteroatoms. The molecule has 2 unspecified atom stereocenters. The smallest absolute Gasteiger partial charge is 0.341 e. The van der Waals surface area contributed by atoms with Gasteiger partial charge in [0, 0.05) is 5.92 Å². The van der Waals surface area contributed by atoms with Crippen LogP contribution in [0.3, 0.4) is 0 Å². The quantitative estimate of drug-likeness (QED) is 0.839. The van der Waals surface area contributed by atoms with Gasteiger partial charge in [0.2, 0.25) is 0 Å². The summed E-state index contributed by atoms with van der Waals surface area (Å²) in [6, 6.07) is 13.9. The number of nitrogens with one attached hydrogen (secondary N) is 1. The second-order valence-electron chi connectivity index (χ2n) is 6.12. The molecule has 2 aliphatic rings. The van der Waals surface area contributed by atoms with E-state index in [2.05, 4.69) is 38.4 Å². The van der Waals surface area contributed by atoms with E-state index in [9.17, 15) is 4.79 Å². The number of hydrogen-bond acceptors (Lipinski definition) is 2. The molecule has 0 fully saturated rings. The molecule has 2 atom stereocenters. The maximum Gasteiger partial charge on any atom is 0.341 e. The Morgan fingerprint density at radius 1 is 1.25 bits per heavy atom. The molecule has 24 heavy (non-hydrogen) atoms. The Kier molecular flexibility index (Phi) is 3.88. The molecule has 0 spiro atoms. The van der Waals surface area contributed by atoms with E-state index >= 15 is 0 Å². The van der Waals surface area contributed by atoms with Gasteiger partial charge in [0.1, 0.15) is 5.75 Å². The normalized spacial score (nSPS) is 22.1. The highest BCUT2D eigenvalue weighted by atomic mass is 79.9. The number of amides is 2. The molecule has 0 radical (unpaired) electrons. The Hall–Kier alpha value is -2.14. The van der Waals surface area contributed by atoms with Crippen molar-refractivity contribution in [2.45, 2.75) is 18.9 Å². The lowest BCUT2D eigenvalue weighted by molar-refractivity contribution is 0.239. The van der Waals surface area contributed by atoms with Gasteiger partial charge in [-0.25, -0.2) is 4.79 Å². The van der Waals surface area contributed by atoms with E-state index < -0.39 is 0 Å². The number of urea groups is 1. The summed E-state index contributed by atoms with van der Waals surface area (Å²) >= 11 is 3.53. The highest BCUT2D eigenvalue weighted by molar-refractivity contribution is 9.10. The highest BCUT2D eigenvalue weighted by Crippen LogP contribution is 2.38. The van der Waals surface area contributed by atoms with Crippen LogP contribution in [0.4, 0.5) is 4.79 Å². The summed E-state index contributed by atoms with van der Waals surface area (Å²) < 4.78 is 6.19. The second kappa shape index (κ2) is 6.06. The van der Waals surface area contributed by atoms with E-state index in [0.29, 0.717) is 0 Å². The number of carbonyl (C=O) groups is 1. The minimum absolute atomic E-state index is 0.0689. The number of rotatable bonds is 2. The molecule has 0 saturated heterocycles. The molecule has 0 bridgehead atoms. The fourth-order valence-electron chi connectivity index (χ4n) is 3.67. The van der Waals surface area contributed by atoms with Crippen molar-refractivity contribution in [1.82, 2.24) is 5.32 Å². The Balaban J connectivity index is 1.76. The molecular weight excluding hydrogens is 368 g/mol. The maximum atomic E-state index is 12.2. The van der Waals surface area contributed by atoms with Crippen LogP contribution in [0.1, 0.15) is 29.2 Å². The molecule has 0 aromatic heterocycles. The average Bonchev–Trinajstić information content (AvgIpc) is 2.61. The van der Waals surface area contributed by atoms with Gasteiger partial charge < -0.3 is 10.1 Å². The zero-order valence-electron chi connectivity index (χ0n) is 13.3. The fourth-order valence-corrected chi connectivity index (χ4v) is 4.23.